The van der Waals surface area contributed by atoms with Crippen molar-refractivity contribution in [2.75, 3.05) is 20.3 Å². The summed E-state index contributed by atoms with van der Waals surface area (Å²) in [6, 6.07) is 0. The summed E-state index contributed by atoms with van der Waals surface area (Å²) >= 11 is 0. The first-order valence-electron chi connectivity index (χ1n) is 3.12. The van der Waals surface area contributed by atoms with E-state index in [9.17, 15) is 0 Å². The van der Waals surface area contributed by atoms with Gasteiger partial charge < -0.3 is 14.6 Å². The predicted molar refractivity (Wildman–Crippen MR) is 38.6 cm³/mol. The van der Waals surface area contributed by atoms with E-state index in [1.54, 1.807) is 14.0 Å². The zero-order valence-electron chi connectivity index (χ0n) is 6.46. The summed E-state index contributed by atoms with van der Waals surface area (Å²) < 4.78 is 9.84. The standard InChI is InChI=1S/C7H14O3/c1-6(2)10-7(4-8)5-9-3/h7-8H,1,4-5H2,2-3H3. The van der Waals surface area contributed by atoms with Crippen molar-refractivity contribution in [2.45, 2.75) is 13.0 Å². The first-order valence-corrected chi connectivity index (χ1v) is 3.12. The van der Waals surface area contributed by atoms with E-state index < -0.39 is 0 Å². The number of allylic oxidation sites excluding steroid dienone is 1. The normalized spacial score (nSPS) is 12.7. The lowest BCUT2D eigenvalue weighted by molar-refractivity contribution is 0.00315. The van der Waals surface area contributed by atoms with Crippen LogP contribution in [0.4, 0.5) is 0 Å². The summed E-state index contributed by atoms with van der Waals surface area (Å²) in [5, 5.41) is 8.66. The van der Waals surface area contributed by atoms with Gasteiger partial charge in [-0.2, -0.15) is 0 Å². The van der Waals surface area contributed by atoms with Gasteiger partial charge in [0.15, 0.2) is 0 Å². The van der Waals surface area contributed by atoms with Crippen molar-refractivity contribution in [3.63, 3.8) is 0 Å². The van der Waals surface area contributed by atoms with E-state index in [4.69, 9.17) is 14.6 Å². The van der Waals surface area contributed by atoms with Crippen LogP contribution < -0.4 is 0 Å². The molecule has 0 aromatic carbocycles. The molecule has 3 heteroatoms. The third-order valence-corrected chi connectivity index (χ3v) is 0.924. The molecule has 0 saturated heterocycles. The number of aliphatic hydroxyl groups excluding tert-OH is 1. The van der Waals surface area contributed by atoms with E-state index in [1.165, 1.54) is 0 Å². The van der Waals surface area contributed by atoms with Crippen LogP contribution in [0.15, 0.2) is 12.3 Å². The summed E-state index contributed by atoms with van der Waals surface area (Å²) in [5.41, 5.74) is 0. The van der Waals surface area contributed by atoms with Crippen LogP contribution in [-0.4, -0.2) is 31.5 Å². The molecule has 1 unspecified atom stereocenters. The zero-order valence-corrected chi connectivity index (χ0v) is 6.46. The topological polar surface area (TPSA) is 38.7 Å². The van der Waals surface area contributed by atoms with E-state index in [2.05, 4.69) is 6.58 Å². The number of ether oxygens (including phenoxy) is 2. The zero-order chi connectivity index (χ0) is 7.98. The Morgan fingerprint density at radius 3 is 2.60 bits per heavy atom. The molecule has 60 valence electrons. The van der Waals surface area contributed by atoms with Crippen molar-refractivity contribution >= 4 is 0 Å². The number of rotatable bonds is 5. The molecule has 0 aliphatic rings. The molecule has 10 heavy (non-hydrogen) atoms. The van der Waals surface area contributed by atoms with E-state index in [0.717, 1.165) is 0 Å². The minimum atomic E-state index is -0.275. The third-order valence-electron chi connectivity index (χ3n) is 0.924. The van der Waals surface area contributed by atoms with Gasteiger partial charge in [0, 0.05) is 7.11 Å². The Morgan fingerprint density at radius 2 is 2.30 bits per heavy atom. The molecule has 0 aliphatic carbocycles. The molecule has 0 saturated carbocycles. The van der Waals surface area contributed by atoms with Crippen molar-refractivity contribution in [2.24, 2.45) is 0 Å². The monoisotopic (exact) mass is 146 g/mol. The Hall–Kier alpha value is -0.540. The average Bonchev–Trinajstić information content (AvgIpc) is 1.86. The Balaban J connectivity index is 3.49. The fraction of sp³-hybridized carbons (Fsp3) is 0.714. The fourth-order valence-electron chi connectivity index (χ4n) is 0.594. The summed E-state index contributed by atoms with van der Waals surface area (Å²) in [6.45, 7) is 5.62. The minimum absolute atomic E-state index is 0.0410. The molecule has 0 radical (unpaired) electrons. The lowest BCUT2D eigenvalue weighted by atomic mass is 10.4. The van der Waals surface area contributed by atoms with Crippen LogP contribution in [0.25, 0.3) is 0 Å². The maximum absolute atomic E-state index is 8.66. The second-order valence-electron chi connectivity index (χ2n) is 2.08. The Bertz CT molecular complexity index is 101. The van der Waals surface area contributed by atoms with Gasteiger partial charge in [0.25, 0.3) is 0 Å². The van der Waals surface area contributed by atoms with Crippen LogP contribution in [0, 0.1) is 0 Å². The highest BCUT2D eigenvalue weighted by Gasteiger charge is 2.06. The molecule has 1 N–H and O–H groups in total. The average molecular weight is 146 g/mol. The van der Waals surface area contributed by atoms with Gasteiger partial charge in [-0.3, -0.25) is 0 Å². The van der Waals surface area contributed by atoms with Gasteiger partial charge in [0.2, 0.25) is 0 Å². The van der Waals surface area contributed by atoms with Gasteiger partial charge in [-0.15, -0.1) is 0 Å². The largest absolute Gasteiger partial charge is 0.491 e. The van der Waals surface area contributed by atoms with Crippen LogP contribution in [0.2, 0.25) is 0 Å². The minimum Gasteiger partial charge on any atom is -0.491 e. The van der Waals surface area contributed by atoms with Gasteiger partial charge in [-0.1, -0.05) is 6.58 Å². The number of methoxy groups -OCH3 is 1. The molecular weight excluding hydrogens is 132 g/mol. The molecule has 1 atom stereocenters. The quantitative estimate of drug-likeness (QED) is 0.575. The van der Waals surface area contributed by atoms with E-state index in [1.807, 2.05) is 0 Å². The highest BCUT2D eigenvalue weighted by molar-refractivity contribution is 4.76. The highest BCUT2D eigenvalue weighted by Crippen LogP contribution is 1.98. The number of hydrogen-bond acceptors (Lipinski definition) is 3. The highest BCUT2D eigenvalue weighted by atomic mass is 16.5. The fourth-order valence-corrected chi connectivity index (χ4v) is 0.594. The molecule has 0 aliphatic heterocycles. The maximum Gasteiger partial charge on any atom is 0.144 e. The van der Waals surface area contributed by atoms with Crippen molar-refractivity contribution in [1.29, 1.82) is 0 Å². The van der Waals surface area contributed by atoms with Crippen molar-refractivity contribution in [1.82, 2.24) is 0 Å². The molecule has 0 spiro atoms. The predicted octanol–water partition coefficient (Wildman–Crippen LogP) is 0.544. The van der Waals surface area contributed by atoms with E-state index in [0.29, 0.717) is 12.4 Å². The second kappa shape index (κ2) is 5.26. The Labute approximate surface area is 61.3 Å². The molecule has 0 aromatic rings. The molecule has 0 aromatic heterocycles. The van der Waals surface area contributed by atoms with E-state index >= 15 is 0 Å². The van der Waals surface area contributed by atoms with Crippen LogP contribution >= 0.6 is 0 Å². The van der Waals surface area contributed by atoms with Crippen LogP contribution in [0.1, 0.15) is 6.92 Å². The van der Waals surface area contributed by atoms with Crippen molar-refractivity contribution in [3.8, 4) is 0 Å². The van der Waals surface area contributed by atoms with Crippen LogP contribution in [-0.2, 0) is 9.47 Å². The summed E-state index contributed by atoms with van der Waals surface area (Å²) in [6.07, 6.45) is -0.275. The van der Waals surface area contributed by atoms with Gasteiger partial charge in [-0.25, -0.2) is 0 Å². The lowest BCUT2D eigenvalue weighted by Gasteiger charge is -2.14. The van der Waals surface area contributed by atoms with Crippen molar-refractivity contribution < 1.29 is 14.6 Å². The summed E-state index contributed by atoms with van der Waals surface area (Å²) in [4.78, 5) is 0. The first-order chi connectivity index (χ1) is 4.70. The van der Waals surface area contributed by atoms with Crippen LogP contribution in [0.5, 0.6) is 0 Å². The van der Waals surface area contributed by atoms with Crippen LogP contribution in [0.3, 0.4) is 0 Å². The molecule has 3 nitrogen and oxygen atoms in total. The first kappa shape index (κ1) is 9.46. The third kappa shape index (κ3) is 4.35. The Kier molecular flexibility index (Phi) is 4.98. The molecule has 0 rings (SSSR count). The SMILES string of the molecule is C=C(C)OC(CO)COC. The molecule has 0 bridgehead atoms. The summed E-state index contributed by atoms with van der Waals surface area (Å²) in [5.74, 6) is 0.594. The van der Waals surface area contributed by atoms with Gasteiger partial charge in [-0.05, 0) is 6.92 Å². The molecular formula is C7H14O3. The van der Waals surface area contributed by atoms with Crippen molar-refractivity contribution in [3.05, 3.63) is 12.3 Å². The lowest BCUT2D eigenvalue weighted by Crippen LogP contribution is -2.22. The summed E-state index contributed by atoms with van der Waals surface area (Å²) in [7, 11) is 1.56. The van der Waals surface area contributed by atoms with Gasteiger partial charge >= 0.3 is 0 Å². The maximum atomic E-state index is 8.66. The Morgan fingerprint density at radius 1 is 1.70 bits per heavy atom. The van der Waals surface area contributed by atoms with Gasteiger partial charge in [0.05, 0.1) is 19.0 Å². The van der Waals surface area contributed by atoms with Gasteiger partial charge in [0.1, 0.15) is 6.10 Å². The van der Waals surface area contributed by atoms with E-state index in [-0.39, 0.29) is 12.7 Å². The smallest absolute Gasteiger partial charge is 0.144 e. The molecule has 0 amide bonds. The second-order valence-corrected chi connectivity index (χ2v) is 2.08. The number of hydrogen-bond donors (Lipinski definition) is 1. The molecule has 0 fully saturated rings. The number of aliphatic hydroxyl groups is 1. The molecule has 0 heterocycles.